The van der Waals surface area contributed by atoms with E-state index in [1.54, 1.807) is 19.1 Å². The number of methoxy groups -OCH3 is 3. The zero-order valence-electron chi connectivity index (χ0n) is 16.0. The van der Waals surface area contributed by atoms with Crippen LogP contribution in [0.2, 0.25) is 0 Å². The van der Waals surface area contributed by atoms with Crippen molar-refractivity contribution in [2.24, 2.45) is 0 Å². The molecule has 0 bridgehead atoms. The number of rotatable bonds is 7. The van der Waals surface area contributed by atoms with E-state index in [-0.39, 0.29) is 17.9 Å². The van der Waals surface area contributed by atoms with Crippen molar-refractivity contribution in [2.45, 2.75) is 6.92 Å². The SMILES string of the molecule is COc1cc(C(=O)NNC(=O)CNc2ccc(C)c(F)c2)cc(OC)c1OC. The van der Waals surface area contributed by atoms with Crippen LogP contribution in [-0.4, -0.2) is 39.7 Å². The van der Waals surface area contributed by atoms with Crippen LogP contribution in [0.4, 0.5) is 10.1 Å². The Labute approximate surface area is 161 Å². The third kappa shape index (κ3) is 5.03. The Morgan fingerprint density at radius 3 is 2.14 bits per heavy atom. The molecule has 9 heteroatoms. The fourth-order valence-corrected chi connectivity index (χ4v) is 2.34. The van der Waals surface area contributed by atoms with E-state index in [0.717, 1.165) is 0 Å². The summed E-state index contributed by atoms with van der Waals surface area (Å²) in [5, 5.41) is 2.77. The number of halogens is 1. The number of carbonyl (C=O) groups is 2. The van der Waals surface area contributed by atoms with Crippen molar-refractivity contribution in [3.8, 4) is 17.2 Å². The van der Waals surface area contributed by atoms with Gasteiger partial charge in [0.1, 0.15) is 5.82 Å². The summed E-state index contributed by atoms with van der Waals surface area (Å²) >= 11 is 0. The highest BCUT2D eigenvalue weighted by Crippen LogP contribution is 2.38. The molecule has 0 aliphatic carbocycles. The van der Waals surface area contributed by atoms with Crippen LogP contribution < -0.4 is 30.4 Å². The zero-order chi connectivity index (χ0) is 20.7. The van der Waals surface area contributed by atoms with E-state index in [2.05, 4.69) is 16.2 Å². The third-order valence-electron chi connectivity index (χ3n) is 3.87. The van der Waals surface area contributed by atoms with Gasteiger partial charge in [-0.15, -0.1) is 0 Å². The van der Waals surface area contributed by atoms with Gasteiger partial charge in [-0.25, -0.2) is 4.39 Å². The van der Waals surface area contributed by atoms with E-state index in [9.17, 15) is 14.0 Å². The third-order valence-corrected chi connectivity index (χ3v) is 3.87. The Hall–Kier alpha value is -3.49. The van der Waals surface area contributed by atoms with Crippen molar-refractivity contribution in [2.75, 3.05) is 33.2 Å². The average molecular weight is 391 g/mol. The van der Waals surface area contributed by atoms with Crippen LogP contribution >= 0.6 is 0 Å². The first-order valence-electron chi connectivity index (χ1n) is 8.28. The maximum Gasteiger partial charge on any atom is 0.269 e. The topological polar surface area (TPSA) is 97.9 Å². The Kier molecular flexibility index (Phi) is 7.02. The van der Waals surface area contributed by atoms with Gasteiger partial charge in [-0.2, -0.15) is 0 Å². The number of hydrogen-bond acceptors (Lipinski definition) is 6. The van der Waals surface area contributed by atoms with Crippen LogP contribution in [0.3, 0.4) is 0 Å². The minimum absolute atomic E-state index is 0.155. The summed E-state index contributed by atoms with van der Waals surface area (Å²) in [5.41, 5.74) is 5.72. The predicted octanol–water partition coefficient (Wildman–Crippen LogP) is 2.03. The number of hydrazine groups is 1. The molecule has 150 valence electrons. The summed E-state index contributed by atoms with van der Waals surface area (Å²) in [7, 11) is 4.31. The highest BCUT2D eigenvalue weighted by molar-refractivity contribution is 5.97. The Morgan fingerprint density at radius 1 is 0.964 bits per heavy atom. The second kappa shape index (κ2) is 9.45. The maximum atomic E-state index is 13.5. The van der Waals surface area contributed by atoms with E-state index in [1.165, 1.54) is 39.5 Å². The van der Waals surface area contributed by atoms with E-state index < -0.39 is 11.8 Å². The molecule has 0 atom stereocenters. The second-order valence-electron chi connectivity index (χ2n) is 5.73. The van der Waals surface area contributed by atoms with E-state index in [1.807, 2.05) is 0 Å². The van der Waals surface area contributed by atoms with Crippen LogP contribution in [0.1, 0.15) is 15.9 Å². The molecular formula is C19H22FN3O5. The molecule has 28 heavy (non-hydrogen) atoms. The number of hydrogen-bond donors (Lipinski definition) is 3. The quantitative estimate of drug-likeness (QED) is 0.625. The lowest BCUT2D eigenvalue weighted by Gasteiger charge is -2.14. The first-order chi connectivity index (χ1) is 13.4. The summed E-state index contributed by atoms with van der Waals surface area (Å²) in [4.78, 5) is 24.2. The highest BCUT2D eigenvalue weighted by Gasteiger charge is 2.17. The van der Waals surface area contributed by atoms with Gasteiger partial charge in [0.15, 0.2) is 11.5 Å². The Morgan fingerprint density at radius 2 is 1.61 bits per heavy atom. The first kappa shape index (κ1) is 20.8. The van der Waals surface area contributed by atoms with Gasteiger partial charge in [0.2, 0.25) is 5.75 Å². The maximum absolute atomic E-state index is 13.5. The Bertz CT molecular complexity index is 848. The van der Waals surface area contributed by atoms with Crippen molar-refractivity contribution < 1.29 is 28.2 Å². The van der Waals surface area contributed by atoms with Crippen molar-refractivity contribution in [1.29, 1.82) is 0 Å². The number of anilines is 1. The number of benzene rings is 2. The summed E-state index contributed by atoms with van der Waals surface area (Å²) in [6.07, 6.45) is 0. The fraction of sp³-hybridized carbons (Fsp3) is 0.263. The van der Waals surface area contributed by atoms with Crippen LogP contribution in [0.5, 0.6) is 17.2 Å². The van der Waals surface area contributed by atoms with Crippen LogP contribution in [-0.2, 0) is 4.79 Å². The number of aryl methyl sites for hydroxylation is 1. The van der Waals surface area contributed by atoms with Gasteiger partial charge in [-0.1, -0.05) is 6.07 Å². The van der Waals surface area contributed by atoms with Gasteiger partial charge < -0.3 is 19.5 Å². The van der Waals surface area contributed by atoms with Gasteiger partial charge in [0.25, 0.3) is 11.8 Å². The van der Waals surface area contributed by atoms with Gasteiger partial charge >= 0.3 is 0 Å². The monoisotopic (exact) mass is 391 g/mol. The van der Waals surface area contributed by atoms with Crippen LogP contribution in [0, 0.1) is 12.7 Å². The molecule has 0 saturated carbocycles. The van der Waals surface area contributed by atoms with Gasteiger partial charge in [0, 0.05) is 11.3 Å². The molecule has 0 aliphatic heterocycles. The molecule has 2 rings (SSSR count). The molecule has 0 aromatic heterocycles. The zero-order valence-corrected chi connectivity index (χ0v) is 16.0. The molecule has 2 aromatic rings. The number of carbonyl (C=O) groups excluding carboxylic acids is 2. The molecule has 3 N–H and O–H groups in total. The predicted molar refractivity (Wildman–Crippen MR) is 101 cm³/mol. The largest absolute Gasteiger partial charge is 0.493 e. The van der Waals surface area contributed by atoms with E-state index in [4.69, 9.17) is 14.2 Å². The molecule has 0 unspecified atom stereocenters. The normalized spacial score (nSPS) is 10.0. The number of amides is 2. The average Bonchev–Trinajstić information content (AvgIpc) is 2.71. The fourth-order valence-electron chi connectivity index (χ4n) is 2.34. The molecule has 0 fully saturated rings. The molecular weight excluding hydrogens is 369 g/mol. The lowest BCUT2D eigenvalue weighted by atomic mass is 10.1. The van der Waals surface area contributed by atoms with E-state index >= 15 is 0 Å². The summed E-state index contributed by atoms with van der Waals surface area (Å²) in [5.74, 6) is -0.500. The number of nitrogens with one attached hydrogen (secondary N) is 3. The number of ether oxygens (including phenoxy) is 3. The smallest absolute Gasteiger partial charge is 0.269 e. The molecule has 8 nitrogen and oxygen atoms in total. The van der Waals surface area contributed by atoms with Crippen molar-refractivity contribution >= 4 is 17.5 Å². The molecule has 2 amide bonds. The van der Waals surface area contributed by atoms with E-state index in [0.29, 0.717) is 28.5 Å². The summed E-state index contributed by atoms with van der Waals surface area (Å²) in [6, 6.07) is 7.45. The molecule has 0 aliphatic rings. The molecule has 0 saturated heterocycles. The second-order valence-corrected chi connectivity index (χ2v) is 5.73. The summed E-state index contributed by atoms with van der Waals surface area (Å²) < 4.78 is 29.1. The molecule has 0 heterocycles. The van der Waals surface area contributed by atoms with Gasteiger partial charge in [-0.05, 0) is 36.8 Å². The summed E-state index contributed by atoms with van der Waals surface area (Å²) in [6.45, 7) is 1.49. The molecule has 0 radical (unpaired) electrons. The minimum Gasteiger partial charge on any atom is -0.493 e. The van der Waals surface area contributed by atoms with Crippen molar-refractivity contribution in [3.05, 3.63) is 47.3 Å². The van der Waals surface area contributed by atoms with Gasteiger partial charge in [-0.3, -0.25) is 20.4 Å². The lowest BCUT2D eigenvalue weighted by molar-refractivity contribution is -0.120. The Balaban J connectivity index is 1.95. The first-order valence-corrected chi connectivity index (χ1v) is 8.28. The minimum atomic E-state index is -0.575. The highest BCUT2D eigenvalue weighted by atomic mass is 19.1. The van der Waals surface area contributed by atoms with Gasteiger partial charge in [0.05, 0.1) is 27.9 Å². The lowest BCUT2D eigenvalue weighted by Crippen LogP contribution is -2.44. The standard InChI is InChI=1S/C19H22FN3O5/c1-11-5-6-13(9-14(11)20)21-10-17(24)22-23-19(25)12-7-15(26-2)18(28-4)16(8-12)27-3/h5-9,21H,10H2,1-4H3,(H,22,24)(H,23,25). The van der Waals surface area contributed by atoms with Crippen LogP contribution in [0.15, 0.2) is 30.3 Å². The van der Waals surface area contributed by atoms with Crippen molar-refractivity contribution in [3.63, 3.8) is 0 Å². The van der Waals surface area contributed by atoms with Crippen molar-refractivity contribution in [1.82, 2.24) is 10.9 Å². The van der Waals surface area contributed by atoms with Crippen LogP contribution in [0.25, 0.3) is 0 Å². The molecule has 0 spiro atoms. The molecule has 2 aromatic carbocycles.